The van der Waals surface area contributed by atoms with Gasteiger partial charge < -0.3 is 24.3 Å². The molecule has 7 heteroatoms. The molecule has 0 radical (unpaired) electrons. The predicted molar refractivity (Wildman–Crippen MR) is 113 cm³/mol. The standard InChI is InChI=1S/C23H25NO6/c1-15(2)17-6-4-5-7-18(17)24-21(25)14-30-22(26)9-8-16-12-19(27-3)23-20(13-16)28-10-11-29-23/h4-9,12-13,15H,10-11,14H2,1-3H3,(H,24,25)/b9-8+. The molecule has 7 nitrogen and oxygen atoms in total. The fourth-order valence-electron chi connectivity index (χ4n) is 3.04. The van der Waals surface area contributed by atoms with Gasteiger partial charge in [0.2, 0.25) is 5.75 Å². The summed E-state index contributed by atoms with van der Waals surface area (Å²) in [7, 11) is 1.53. The molecule has 0 bridgehead atoms. The summed E-state index contributed by atoms with van der Waals surface area (Å²) >= 11 is 0. The molecule has 1 amide bonds. The van der Waals surface area contributed by atoms with Gasteiger partial charge in [0.15, 0.2) is 18.1 Å². The number of amides is 1. The van der Waals surface area contributed by atoms with Gasteiger partial charge in [-0.25, -0.2) is 4.79 Å². The number of carbonyl (C=O) groups is 2. The Bertz CT molecular complexity index is 933. The van der Waals surface area contributed by atoms with E-state index in [4.69, 9.17) is 18.9 Å². The van der Waals surface area contributed by atoms with Crippen molar-refractivity contribution >= 4 is 23.6 Å². The number of nitrogens with one attached hydrogen (secondary N) is 1. The lowest BCUT2D eigenvalue weighted by Crippen LogP contribution is -2.21. The van der Waals surface area contributed by atoms with Crippen LogP contribution in [0.4, 0.5) is 5.69 Å². The molecule has 1 aliphatic heterocycles. The molecular formula is C23H25NO6. The number of esters is 1. The van der Waals surface area contributed by atoms with Crippen molar-refractivity contribution in [3.05, 3.63) is 53.6 Å². The molecule has 0 saturated carbocycles. The highest BCUT2D eigenvalue weighted by atomic mass is 16.6. The van der Waals surface area contributed by atoms with E-state index in [-0.39, 0.29) is 12.5 Å². The number of anilines is 1. The maximum atomic E-state index is 12.2. The molecule has 2 aromatic rings. The van der Waals surface area contributed by atoms with Crippen LogP contribution in [0.15, 0.2) is 42.5 Å². The molecule has 0 aliphatic carbocycles. The van der Waals surface area contributed by atoms with Gasteiger partial charge in [-0.2, -0.15) is 0 Å². The summed E-state index contributed by atoms with van der Waals surface area (Å²) in [4.78, 5) is 24.2. The first-order chi connectivity index (χ1) is 14.5. The molecule has 1 heterocycles. The van der Waals surface area contributed by atoms with Crippen LogP contribution >= 0.6 is 0 Å². The summed E-state index contributed by atoms with van der Waals surface area (Å²) < 4.78 is 21.5. The Kier molecular flexibility index (Phi) is 6.95. The van der Waals surface area contributed by atoms with E-state index in [0.29, 0.717) is 41.7 Å². The minimum Gasteiger partial charge on any atom is -0.493 e. The van der Waals surface area contributed by atoms with Crippen LogP contribution in [0.2, 0.25) is 0 Å². The van der Waals surface area contributed by atoms with Gasteiger partial charge in [-0.05, 0) is 41.3 Å². The first-order valence-corrected chi connectivity index (χ1v) is 9.69. The number of carbonyl (C=O) groups excluding carboxylic acids is 2. The van der Waals surface area contributed by atoms with E-state index in [1.807, 2.05) is 38.1 Å². The van der Waals surface area contributed by atoms with Crippen LogP contribution in [0.3, 0.4) is 0 Å². The fraction of sp³-hybridized carbons (Fsp3) is 0.304. The number of methoxy groups -OCH3 is 1. The van der Waals surface area contributed by atoms with Gasteiger partial charge in [-0.1, -0.05) is 32.0 Å². The highest BCUT2D eigenvalue weighted by Gasteiger charge is 2.18. The minimum absolute atomic E-state index is 0.259. The highest BCUT2D eigenvalue weighted by Crippen LogP contribution is 2.40. The summed E-state index contributed by atoms with van der Waals surface area (Å²) in [6.45, 7) is 4.61. The van der Waals surface area contributed by atoms with Crippen molar-refractivity contribution in [2.75, 3.05) is 32.2 Å². The molecule has 30 heavy (non-hydrogen) atoms. The predicted octanol–water partition coefficient (Wildman–Crippen LogP) is 3.78. The topological polar surface area (TPSA) is 83.1 Å². The molecule has 158 valence electrons. The fourth-order valence-corrected chi connectivity index (χ4v) is 3.04. The monoisotopic (exact) mass is 411 g/mol. The Morgan fingerprint density at radius 1 is 1.17 bits per heavy atom. The van der Waals surface area contributed by atoms with Crippen LogP contribution < -0.4 is 19.5 Å². The lowest BCUT2D eigenvalue weighted by molar-refractivity contribution is -0.142. The summed E-state index contributed by atoms with van der Waals surface area (Å²) in [6, 6.07) is 11.0. The molecule has 0 saturated heterocycles. The Labute approximate surface area is 175 Å². The van der Waals surface area contributed by atoms with E-state index in [0.717, 1.165) is 5.56 Å². The quantitative estimate of drug-likeness (QED) is 0.551. The first-order valence-electron chi connectivity index (χ1n) is 9.69. The van der Waals surface area contributed by atoms with Gasteiger partial charge in [-0.15, -0.1) is 0 Å². The SMILES string of the molecule is COc1cc(/C=C/C(=O)OCC(=O)Nc2ccccc2C(C)C)cc2c1OCCO2. The number of benzene rings is 2. The summed E-state index contributed by atoms with van der Waals surface area (Å²) in [6.07, 6.45) is 2.81. The van der Waals surface area contributed by atoms with Gasteiger partial charge in [-0.3, -0.25) is 4.79 Å². The van der Waals surface area contributed by atoms with Gasteiger partial charge >= 0.3 is 5.97 Å². The van der Waals surface area contributed by atoms with Crippen molar-refractivity contribution in [1.29, 1.82) is 0 Å². The summed E-state index contributed by atoms with van der Waals surface area (Å²) in [5.41, 5.74) is 2.42. The Hall–Kier alpha value is -3.48. The van der Waals surface area contributed by atoms with E-state index >= 15 is 0 Å². The van der Waals surface area contributed by atoms with E-state index in [9.17, 15) is 9.59 Å². The Morgan fingerprint density at radius 2 is 1.93 bits per heavy atom. The second-order valence-corrected chi connectivity index (χ2v) is 6.98. The molecule has 0 spiro atoms. The van der Waals surface area contributed by atoms with Gasteiger partial charge in [0.25, 0.3) is 5.91 Å². The van der Waals surface area contributed by atoms with Crippen molar-refractivity contribution in [3.63, 3.8) is 0 Å². The Balaban J connectivity index is 1.57. The van der Waals surface area contributed by atoms with E-state index in [1.54, 1.807) is 18.2 Å². The maximum absolute atomic E-state index is 12.2. The van der Waals surface area contributed by atoms with Crippen molar-refractivity contribution in [2.24, 2.45) is 0 Å². The number of ether oxygens (including phenoxy) is 4. The van der Waals surface area contributed by atoms with Gasteiger partial charge in [0, 0.05) is 11.8 Å². The normalized spacial score (nSPS) is 12.7. The molecule has 0 fully saturated rings. The molecule has 2 aromatic carbocycles. The van der Waals surface area contributed by atoms with Crippen LogP contribution in [0.25, 0.3) is 6.08 Å². The number of fused-ring (bicyclic) bond motifs is 1. The van der Waals surface area contributed by atoms with E-state index in [2.05, 4.69) is 5.32 Å². The zero-order valence-electron chi connectivity index (χ0n) is 17.3. The molecule has 0 aromatic heterocycles. The molecular weight excluding hydrogens is 386 g/mol. The van der Waals surface area contributed by atoms with Crippen molar-refractivity contribution in [1.82, 2.24) is 0 Å². The number of para-hydroxylation sites is 1. The van der Waals surface area contributed by atoms with Crippen LogP contribution in [-0.2, 0) is 14.3 Å². The number of rotatable bonds is 7. The smallest absolute Gasteiger partial charge is 0.331 e. The third-order valence-corrected chi connectivity index (χ3v) is 4.46. The molecule has 1 aliphatic rings. The number of hydrogen-bond donors (Lipinski definition) is 1. The van der Waals surface area contributed by atoms with Crippen molar-refractivity contribution in [3.8, 4) is 17.2 Å². The molecule has 1 N–H and O–H groups in total. The zero-order chi connectivity index (χ0) is 21.5. The Morgan fingerprint density at radius 3 is 2.70 bits per heavy atom. The van der Waals surface area contributed by atoms with E-state index in [1.165, 1.54) is 13.2 Å². The largest absolute Gasteiger partial charge is 0.493 e. The van der Waals surface area contributed by atoms with Gasteiger partial charge in [0.05, 0.1) is 7.11 Å². The third-order valence-electron chi connectivity index (χ3n) is 4.46. The first kappa shape index (κ1) is 21.2. The second-order valence-electron chi connectivity index (χ2n) is 6.98. The van der Waals surface area contributed by atoms with Crippen LogP contribution in [0, 0.1) is 0 Å². The average Bonchev–Trinajstić information content (AvgIpc) is 2.75. The lowest BCUT2D eigenvalue weighted by Gasteiger charge is -2.20. The average molecular weight is 411 g/mol. The maximum Gasteiger partial charge on any atom is 0.331 e. The molecule has 0 unspecified atom stereocenters. The zero-order valence-corrected chi connectivity index (χ0v) is 17.3. The van der Waals surface area contributed by atoms with Gasteiger partial charge in [0.1, 0.15) is 13.2 Å². The van der Waals surface area contributed by atoms with Crippen molar-refractivity contribution in [2.45, 2.75) is 19.8 Å². The van der Waals surface area contributed by atoms with Crippen molar-refractivity contribution < 1.29 is 28.5 Å². The third kappa shape index (κ3) is 5.31. The van der Waals surface area contributed by atoms with Crippen LogP contribution in [0.5, 0.6) is 17.2 Å². The molecule has 3 rings (SSSR count). The lowest BCUT2D eigenvalue weighted by atomic mass is 10.0. The second kappa shape index (κ2) is 9.82. The van der Waals surface area contributed by atoms with E-state index < -0.39 is 11.9 Å². The summed E-state index contributed by atoms with van der Waals surface area (Å²) in [5, 5.41) is 2.78. The number of hydrogen-bond acceptors (Lipinski definition) is 6. The highest BCUT2D eigenvalue weighted by molar-refractivity contribution is 5.95. The summed E-state index contributed by atoms with van der Waals surface area (Å²) in [5.74, 6) is 0.846. The van der Waals surface area contributed by atoms with Crippen LogP contribution in [0.1, 0.15) is 30.9 Å². The minimum atomic E-state index is -0.629. The molecule has 0 atom stereocenters. The van der Waals surface area contributed by atoms with Crippen LogP contribution in [-0.4, -0.2) is 38.8 Å².